The van der Waals surface area contributed by atoms with E-state index in [9.17, 15) is 22.8 Å². The number of amides is 3. The molecule has 5 unspecified atom stereocenters. The highest BCUT2D eigenvalue weighted by atomic mass is 32.2. The zero-order valence-corrected chi connectivity index (χ0v) is 23.3. The normalized spacial score (nSPS) is 37.7. The van der Waals surface area contributed by atoms with Crippen molar-refractivity contribution >= 4 is 27.6 Å². The van der Waals surface area contributed by atoms with E-state index >= 15 is 0 Å². The van der Waals surface area contributed by atoms with Gasteiger partial charge in [0.1, 0.15) is 9.84 Å². The third-order valence-electron chi connectivity index (χ3n) is 9.58. The third kappa shape index (κ3) is 5.91. The second-order valence-corrected chi connectivity index (χ2v) is 14.4. The lowest BCUT2D eigenvalue weighted by Gasteiger charge is -2.55. The lowest BCUT2D eigenvalue weighted by Crippen LogP contribution is -2.67. The van der Waals surface area contributed by atoms with Crippen LogP contribution in [0, 0.1) is 17.8 Å². The number of sulfone groups is 1. The van der Waals surface area contributed by atoms with Gasteiger partial charge in [-0.05, 0) is 83.0 Å². The van der Waals surface area contributed by atoms with Crippen molar-refractivity contribution in [1.29, 1.82) is 0 Å². The molecule has 3 amide bonds. The van der Waals surface area contributed by atoms with Crippen LogP contribution in [0.5, 0.6) is 0 Å². The number of piperazine rings is 1. The van der Waals surface area contributed by atoms with Crippen LogP contribution >= 0.6 is 0 Å². The molecule has 3 aliphatic carbocycles. The first kappa shape index (κ1) is 27.4. The number of rotatable bonds is 4. The molecule has 0 bridgehead atoms. The minimum atomic E-state index is -2.99. The van der Waals surface area contributed by atoms with E-state index in [0.717, 1.165) is 64.2 Å². The molecule has 1 N–H and O–H groups in total. The van der Waals surface area contributed by atoms with Crippen LogP contribution in [0.1, 0.15) is 91.4 Å². The van der Waals surface area contributed by atoms with E-state index in [1.54, 1.807) is 6.92 Å². The van der Waals surface area contributed by atoms with Crippen molar-refractivity contribution in [1.82, 2.24) is 15.1 Å². The summed E-state index contributed by atoms with van der Waals surface area (Å²) in [4.78, 5) is 42.3. The van der Waals surface area contributed by atoms with Crippen LogP contribution in [0.3, 0.4) is 0 Å². The molecule has 4 fully saturated rings. The van der Waals surface area contributed by atoms with Gasteiger partial charge in [-0.1, -0.05) is 6.42 Å². The van der Waals surface area contributed by atoms with Crippen molar-refractivity contribution in [2.75, 3.05) is 12.8 Å². The molecule has 9 heteroatoms. The Hall–Kier alpha value is -1.64. The topological polar surface area (TPSA) is 104 Å². The Balaban J connectivity index is 1.49. The summed E-state index contributed by atoms with van der Waals surface area (Å²) < 4.78 is 24.1. The molecule has 36 heavy (non-hydrogen) atoms. The zero-order chi connectivity index (χ0) is 26.2. The highest BCUT2D eigenvalue weighted by molar-refractivity contribution is 7.91. The van der Waals surface area contributed by atoms with Crippen molar-refractivity contribution < 1.29 is 22.8 Å². The molecule has 1 heterocycles. The highest BCUT2D eigenvalue weighted by Gasteiger charge is 2.48. The van der Waals surface area contributed by atoms with Crippen molar-refractivity contribution in [3.8, 4) is 0 Å². The molecule has 0 aromatic heterocycles. The van der Waals surface area contributed by atoms with Crippen molar-refractivity contribution in [2.24, 2.45) is 17.8 Å². The van der Waals surface area contributed by atoms with E-state index in [1.165, 1.54) is 13.2 Å². The zero-order valence-electron chi connectivity index (χ0n) is 22.4. The summed E-state index contributed by atoms with van der Waals surface area (Å²) in [6, 6.07) is 0.115. The number of carbonyl (C=O) groups excluding carboxylic acids is 3. The van der Waals surface area contributed by atoms with Crippen molar-refractivity contribution in [3.63, 3.8) is 0 Å². The highest BCUT2D eigenvalue weighted by Crippen LogP contribution is 2.44. The summed E-state index contributed by atoms with van der Waals surface area (Å²) in [6.07, 6.45) is 10.9. The number of hydrogen-bond acceptors (Lipinski definition) is 5. The molecule has 204 valence electrons. The number of carbonyl (C=O) groups is 3. The fourth-order valence-electron chi connectivity index (χ4n) is 7.94. The smallest absolute Gasteiger partial charge is 0.226 e. The first-order valence-corrected chi connectivity index (χ1v) is 16.0. The van der Waals surface area contributed by atoms with Gasteiger partial charge in [0.25, 0.3) is 0 Å². The Labute approximate surface area is 216 Å². The SMILES string of the molecule is CC(=O)NC1CCCC(C(=O)N2C[C@H](C)N(C(C)=O)C3CCC(C4CCC(S(C)(=O)=O)CC4)CC32)C1. The summed E-state index contributed by atoms with van der Waals surface area (Å²) in [5.74, 6) is 1.10. The average molecular weight is 524 g/mol. The summed E-state index contributed by atoms with van der Waals surface area (Å²) in [5, 5.41) is 2.80. The molecule has 1 aliphatic heterocycles. The summed E-state index contributed by atoms with van der Waals surface area (Å²) >= 11 is 0. The van der Waals surface area contributed by atoms with E-state index in [0.29, 0.717) is 24.8 Å². The fourth-order valence-corrected chi connectivity index (χ4v) is 9.07. The first-order valence-electron chi connectivity index (χ1n) is 14.0. The number of nitrogens with one attached hydrogen (secondary N) is 1. The second-order valence-electron chi connectivity index (χ2n) is 12.1. The quantitative estimate of drug-likeness (QED) is 0.610. The van der Waals surface area contributed by atoms with Gasteiger partial charge in [0.2, 0.25) is 17.7 Å². The Morgan fingerprint density at radius 3 is 2.11 bits per heavy atom. The predicted molar refractivity (Wildman–Crippen MR) is 139 cm³/mol. The minimum absolute atomic E-state index is 0.0100. The monoisotopic (exact) mass is 523 g/mol. The molecule has 8 nitrogen and oxygen atoms in total. The Morgan fingerprint density at radius 1 is 0.833 bits per heavy atom. The summed E-state index contributed by atoms with van der Waals surface area (Å²) in [6.45, 7) is 5.79. The molecule has 0 aromatic rings. The van der Waals surface area contributed by atoms with E-state index in [2.05, 4.69) is 17.1 Å². The number of fused-ring (bicyclic) bond motifs is 1. The van der Waals surface area contributed by atoms with Gasteiger partial charge in [-0.15, -0.1) is 0 Å². The van der Waals surface area contributed by atoms with Gasteiger partial charge in [-0.3, -0.25) is 14.4 Å². The maximum atomic E-state index is 13.9. The molecule has 4 aliphatic rings. The van der Waals surface area contributed by atoms with E-state index in [-0.39, 0.29) is 53.1 Å². The fraction of sp³-hybridized carbons (Fsp3) is 0.889. The van der Waals surface area contributed by atoms with Crippen LogP contribution < -0.4 is 5.32 Å². The van der Waals surface area contributed by atoms with Crippen molar-refractivity contribution in [2.45, 2.75) is 121 Å². The molecule has 3 saturated carbocycles. The van der Waals surface area contributed by atoms with Crippen LogP contribution in [0.25, 0.3) is 0 Å². The molecule has 6 atom stereocenters. The molecular weight excluding hydrogens is 478 g/mol. The van der Waals surface area contributed by atoms with Crippen molar-refractivity contribution in [3.05, 3.63) is 0 Å². The maximum absolute atomic E-state index is 13.9. The van der Waals surface area contributed by atoms with Gasteiger partial charge in [0.15, 0.2) is 0 Å². The summed E-state index contributed by atoms with van der Waals surface area (Å²) in [5.41, 5.74) is 0. The molecular formula is C27H45N3O5S. The van der Waals surface area contributed by atoms with Gasteiger partial charge in [-0.25, -0.2) is 8.42 Å². The van der Waals surface area contributed by atoms with Crippen LogP contribution in [0.4, 0.5) is 0 Å². The van der Waals surface area contributed by atoms with Gasteiger partial charge < -0.3 is 15.1 Å². The van der Waals surface area contributed by atoms with Crippen LogP contribution in [0.15, 0.2) is 0 Å². The molecule has 0 aromatic carbocycles. The van der Waals surface area contributed by atoms with Crippen LogP contribution in [-0.2, 0) is 24.2 Å². The van der Waals surface area contributed by atoms with Crippen LogP contribution in [-0.4, -0.2) is 78.2 Å². The molecule has 0 radical (unpaired) electrons. The van der Waals surface area contributed by atoms with E-state index < -0.39 is 9.84 Å². The van der Waals surface area contributed by atoms with Gasteiger partial charge in [-0.2, -0.15) is 0 Å². The third-order valence-corrected chi connectivity index (χ3v) is 11.3. The Kier molecular flexibility index (Phi) is 8.37. The van der Waals surface area contributed by atoms with Gasteiger partial charge >= 0.3 is 0 Å². The molecule has 4 rings (SSSR count). The van der Waals surface area contributed by atoms with E-state index in [1.807, 2.05) is 4.90 Å². The number of hydrogen-bond donors (Lipinski definition) is 1. The standard InChI is InChI=1S/C27H45N3O5S/c1-17-16-29(27(33)22-6-5-7-23(14-22)28-18(2)31)26-15-21(10-13-25(26)30(17)19(3)32)20-8-11-24(12-9-20)36(4,34)35/h17,20-26H,5-16H2,1-4H3,(H,28,31)/t17-,20?,21?,22?,23?,24?,25?,26?/m0/s1. The first-order chi connectivity index (χ1) is 17.0. The second kappa shape index (κ2) is 11.0. The van der Waals surface area contributed by atoms with E-state index in [4.69, 9.17) is 0 Å². The van der Waals surface area contributed by atoms with Crippen LogP contribution in [0.2, 0.25) is 0 Å². The molecule has 1 saturated heterocycles. The lowest BCUT2D eigenvalue weighted by molar-refractivity contribution is -0.158. The Bertz CT molecular complexity index is 945. The Morgan fingerprint density at radius 2 is 1.50 bits per heavy atom. The summed E-state index contributed by atoms with van der Waals surface area (Å²) in [7, 11) is -2.99. The maximum Gasteiger partial charge on any atom is 0.226 e. The lowest BCUT2D eigenvalue weighted by atomic mass is 9.69. The molecule has 0 spiro atoms. The largest absolute Gasteiger partial charge is 0.354 e. The number of nitrogens with zero attached hydrogens (tertiary/aromatic N) is 2. The van der Waals surface area contributed by atoms with Gasteiger partial charge in [0.05, 0.1) is 17.3 Å². The average Bonchev–Trinajstić information content (AvgIpc) is 2.82. The van der Waals surface area contributed by atoms with Gasteiger partial charge in [0, 0.05) is 44.6 Å². The minimum Gasteiger partial charge on any atom is -0.354 e. The predicted octanol–water partition coefficient (Wildman–Crippen LogP) is 2.90.